The fraction of sp³-hybridized carbons (Fsp3) is 0. The zero-order valence-electron chi connectivity index (χ0n) is 12.0. The second kappa shape index (κ2) is 5.73. The van der Waals surface area contributed by atoms with Crippen LogP contribution in [-0.2, 0) is 19.7 Å². The highest BCUT2D eigenvalue weighted by Crippen LogP contribution is 2.26. The van der Waals surface area contributed by atoms with E-state index < -0.39 is 29.7 Å². The summed E-state index contributed by atoms with van der Waals surface area (Å²) >= 11 is 0. The van der Waals surface area contributed by atoms with Crippen LogP contribution < -0.4 is 4.60 Å². The quantitative estimate of drug-likeness (QED) is 0.739. The molecule has 0 saturated heterocycles. The minimum Gasteiger partial charge on any atom is -0.214 e. The molecule has 1 N–H and O–H groups in total. The van der Waals surface area contributed by atoms with Crippen molar-refractivity contribution in [3.05, 3.63) is 65.6 Å². The lowest BCUT2D eigenvalue weighted by molar-refractivity contribution is -0.744. The van der Waals surface area contributed by atoms with Crippen molar-refractivity contribution in [2.75, 3.05) is 0 Å². The molecule has 0 saturated carbocycles. The van der Waals surface area contributed by atoms with Crippen molar-refractivity contribution in [2.45, 2.75) is 19.8 Å². The van der Waals surface area contributed by atoms with E-state index in [2.05, 4.69) is 4.63 Å². The van der Waals surface area contributed by atoms with E-state index in [0.717, 1.165) is 0 Å². The minimum absolute atomic E-state index is 0.174. The number of rotatable bonds is 4. The Morgan fingerprint density at radius 1 is 0.750 bits per heavy atom. The zero-order chi connectivity index (χ0) is 17.4. The van der Waals surface area contributed by atoms with E-state index >= 15 is 0 Å². The molecule has 0 radical (unpaired) electrons. The number of aromatic nitrogens is 2. The van der Waals surface area contributed by atoms with Crippen LogP contribution in [0.15, 0.2) is 85.1 Å². The van der Waals surface area contributed by atoms with E-state index in [9.17, 15) is 21.7 Å². The highest BCUT2D eigenvalue weighted by molar-refractivity contribution is 7.94. The summed E-state index contributed by atoms with van der Waals surface area (Å²) in [5.41, 5.74) is 0. The number of nitrogens with zero attached hydrogens (tertiary/aromatic N) is 1. The van der Waals surface area contributed by atoms with Crippen molar-refractivity contribution < 1.29 is 26.1 Å². The van der Waals surface area contributed by atoms with Gasteiger partial charge in [0.05, 0.1) is 9.79 Å². The zero-order valence-corrected chi connectivity index (χ0v) is 13.6. The van der Waals surface area contributed by atoms with Crippen LogP contribution in [0.3, 0.4) is 0 Å². The molecule has 124 valence electrons. The minimum atomic E-state index is -4.40. The molecule has 0 bridgehead atoms. The van der Waals surface area contributed by atoms with Crippen LogP contribution in [0.25, 0.3) is 0 Å². The summed E-state index contributed by atoms with van der Waals surface area (Å²) < 4.78 is 54.6. The van der Waals surface area contributed by atoms with E-state index in [1.54, 1.807) is 12.1 Å². The third-order valence-corrected chi connectivity index (χ3v) is 6.80. The van der Waals surface area contributed by atoms with Crippen molar-refractivity contribution >= 4 is 19.7 Å². The van der Waals surface area contributed by atoms with Crippen molar-refractivity contribution in [3.63, 3.8) is 0 Å². The summed E-state index contributed by atoms with van der Waals surface area (Å²) in [6.07, 6.45) is 0. The van der Waals surface area contributed by atoms with Crippen LogP contribution in [0.2, 0.25) is 0 Å². The molecule has 2 aromatic carbocycles. The fourth-order valence-electron chi connectivity index (χ4n) is 2.07. The Balaban J connectivity index is 2.28. The Morgan fingerprint density at radius 3 is 1.71 bits per heavy atom. The summed E-state index contributed by atoms with van der Waals surface area (Å²) in [5, 5.41) is 0.0545. The molecule has 0 atom stereocenters. The van der Waals surface area contributed by atoms with E-state index in [1.807, 2.05) is 5.16 Å². The second-order valence-corrected chi connectivity index (χ2v) is 8.47. The van der Waals surface area contributed by atoms with Gasteiger partial charge in [-0.1, -0.05) is 46.2 Å². The summed E-state index contributed by atoms with van der Waals surface area (Å²) in [7, 11) is -8.69. The third kappa shape index (κ3) is 2.55. The molecule has 10 heteroatoms. The van der Waals surface area contributed by atoms with Gasteiger partial charge in [-0.15, -0.1) is 0 Å². The number of nitrogens with one attached hydrogen (secondary N) is 1. The normalized spacial score (nSPS) is 12.2. The lowest BCUT2D eigenvalue weighted by Crippen LogP contribution is -2.23. The number of H-pyrrole nitrogens is 1. The van der Waals surface area contributed by atoms with E-state index in [1.165, 1.54) is 48.5 Å². The molecule has 3 rings (SSSR count). The first-order valence-corrected chi connectivity index (χ1v) is 9.56. The SMILES string of the molecule is O=[n+]1o[nH]c(S(=O)(=O)c2ccccc2)c1S(=O)(=O)c1ccccc1. The van der Waals surface area contributed by atoms with Crippen LogP contribution in [0.4, 0.5) is 0 Å². The summed E-state index contributed by atoms with van der Waals surface area (Å²) in [4.78, 5) is 11.4. The van der Waals surface area contributed by atoms with Gasteiger partial charge in [-0.25, -0.2) is 16.8 Å². The van der Waals surface area contributed by atoms with Gasteiger partial charge in [-0.3, -0.25) is 0 Å². The van der Waals surface area contributed by atoms with Crippen LogP contribution in [0.5, 0.6) is 0 Å². The maximum absolute atomic E-state index is 12.6. The first-order valence-electron chi connectivity index (χ1n) is 6.60. The standard InChI is InChI=1S/C14H11N2O6S2/c17-16-14(24(20,21)12-9-5-2-6-10-12)13(15-22-16)23(18,19)11-7-3-1-4-8-11/h1-10,15H/q+1. The molecule has 0 aliphatic rings. The molecule has 8 nitrogen and oxygen atoms in total. The topological polar surface area (TPSA) is 120 Å². The monoisotopic (exact) mass is 367 g/mol. The molecule has 1 aromatic heterocycles. The molecule has 24 heavy (non-hydrogen) atoms. The molecule has 0 aliphatic carbocycles. The predicted molar refractivity (Wildman–Crippen MR) is 80.2 cm³/mol. The van der Waals surface area contributed by atoms with Gasteiger partial charge in [-0.05, 0) is 29.2 Å². The number of hydrogen-bond acceptors (Lipinski definition) is 6. The van der Waals surface area contributed by atoms with Crippen molar-refractivity contribution in [1.29, 1.82) is 0 Å². The predicted octanol–water partition coefficient (Wildman–Crippen LogP) is 1.19. The number of sulfone groups is 2. The van der Waals surface area contributed by atoms with Gasteiger partial charge < -0.3 is 0 Å². The van der Waals surface area contributed by atoms with Crippen molar-refractivity contribution in [3.8, 4) is 0 Å². The highest BCUT2D eigenvalue weighted by atomic mass is 32.2. The van der Waals surface area contributed by atoms with Gasteiger partial charge in [0.25, 0.3) is 19.7 Å². The van der Waals surface area contributed by atoms with Gasteiger partial charge in [0.2, 0.25) is 0 Å². The smallest absolute Gasteiger partial charge is 0.214 e. The number of benzene rings is 2. The maximum Gasteiger partial charge on any atom is 0.379 e. The fourth-order valence-corrected chi connectivity index (χ4v) is 5.19. The molecule has 0 unspecified atom stereocenters. The van der Waals surface area contributed by atoms with Gasteiger partial charge in [0.1, 0.15) is 0 Å². The lowest BCUT2D eigenvalue weighted by Gasteiger charge is -2.00. The third-order valence-electron chi connectivity index (χ3n) is 3.21. The number of aromatic amines is 1. The Morgan fingerprint density at radius 2 is 1.21 bits per heavy atom. The van der Waals surface area contributed by atoms with Gasteiger partial charge in [0, 0.05) is 0 Å². The van der Waals surface area contributed by atoms with Gasteiger partial charge in [0.15, 0.2) is 4.60 Å². The lowest BCUT2D eigenvalue weighted by atomic mass is 10.4. The Labute approximate surface area is 136 Å². The molecule has 0 amide bonds. The first-order chi connectivity index (χ1) is 11.3. The molecular formula is C14H11N2O6S2+. The maximum atomic E-state index is 12.6. The van der Waals surface area contributed by atoms with Crippen molar-refractivity contribution in [2.24, 2.45) is 0 Å². The Bertz CT molecular complexity index is 1130. The Hall–Kier alpha value is -2.72. The van der Waals surface area contributed by atoms with Crippen LogP contribution in [0, 0.1) is 4.91 Å². The van der Waals surface area contributed by atoms with Crippen LogP contribution >= 0.6 is 0 Å². The molecule has 0 aliphatic heterocycles. The molecular weight excluding hydrogens is 356 g/mol. The number of hydrogen-bond donors (Lipinski definition) is 1. The van der Waals surface area contributed by atoms with Gasteiger partial charge in [-0.2, -0.15) is 0 Å². The van der Waals surface area contributed by atoms with E-state index in [4.69, 9.17) is 0 Å². The molecule has 0 spiro atoms. The van der Waals surface area contributed by atoms with Gasteiger partial charge >= 0.3 is 10.1 Å². The molecule has 0 fully saturated rings. The first kappa shape index (κ1) is 16.1. The van der Waals surface area contributed by atoms with Crippen LogP contribution in [-0.4, -0.2) is 22.0 Å². The summed E-state index contributed by atoms with van der Waals surface area (Å²) in [5.74, 6) is 0. The average Bonchev–Trinajstić information content (AvgIpc) is 3.00. The Kier molecular flexibility index (Phi) is 3.85. The largest absolute Gasteiger partial charge is 0.379 e. The van der Waals surface area contributed by atoms with Crippen molar-refractivity contribution in [1.82, 2.24) is 5.16 Å². The molecule has 1 heterocycles. The second-order valence-electron chi connectivity index (χ2n) is 4.72. The summed E-state index contributed by atoms with van der Waals surface area (Å²) in [6, 6.07) is 14.1. The molecule has 3 aromatic rings. The van der Waals surface area contributed by atoms with E-state index in [-0.39, 0.29) is 14.4 Å². The van der Waals surface area contributed by atoms with Crippen LogP contribution in [0.1, 0.15) is 0 Å². The average molecular weight is 367 g/mol. The van der Waals surface area contributed by atoms with E-state index in [0.29, 0.717) is 0 Å². The summed E-state index contributed by atoms with van der Waals surface area (Å²) in [6.45, 7) is 0. The highest BCUT2D eigenvalue weighted by Gasteiger charge is 2.42.